The van der Waals surface area contributed by atoms with E-state index in [1.807, 2.05) is 0 Å². The second-order valence-electron chi connectivity index (χ2n) is 4.02. The first-order valence-corrected chi connectivity index (χ1v) is 6.72. The van der Waals surface area contributed by atoms with Crippen LogP contribution >= 0.6 is 15.9 Å². The topological polar surface area (TPSA) is 59.4 Å². The molecule has 0 bridgehead atoms. The molecule has 1 N–H and O–H groups in total. The van der Waals surface area contributed by atoms with Gasteiger partial charge in [0.15, 0.2) is 0 Å². The van der Waals surface area contributed by atoms with Crippen molar-refractivity contribution in [3.05, 3.63) is 46.2 Å². The zero-order valence-corrected chi connectivity index (χ0v) is 12.8. The molecule has 2 aromatic rings. The van der Waals surface area contributed by atoms with E-state index in [0.29, 0.717) is 11.3 Å². The average molecular weight is 375 g/mol. The Kier molecular flexibility index (Phi) is 4.96. The quantitative estimate of drug-likeness (QED) is 0.654. The number of anilines is 1. The zero-order valence-electron chi connectivity index (χ0n) is 11.2. The Morgan fingerprint density at radius 1 is 1.32 bits per heavy atom. The lowest BCUT2D eigenvalue weighted by atomic mass is 10.2. The lowest BCUT2D eigenvalue weighted by Gasteiger charge is -2.06. The molecular weight excluding hydrogens is 365 g/mol. The van der Waals surface area contributed by atoms with Crippen LogP contribution in [0.1, 0.15) is 11.3 Å². The average Bonchev–Trinajstić information content (AvgIpc) is 2.47. The molecule has 0 radical (unpaired) electrons. The van der Waals surface area contributed by atoms with E-state index in [0.717, 1.165) is 16.7 Å². The molecule has 0 saturated carbocycles. The van der Waals surface area contributed by atoms with Crippen molar-refractivity contribution in [1.82, 2.24) is 9.97 Å². The highest BCUT2D eigenvalue weighted by Gasteiger charge is 2.32. The van der Waals surface area contributed by atoms with E-state index < -0.39 is 11.9 Å². The third-order valence-corrected chi connectivity index (χ3v) is 3.00. The number of ether oxygens (including phenoxy) is 1. The van der Waals surface area contributed by atoms with Crippen LogP contribution in [-0.2, 0) is 6.18 Å². The van der Waals surface area contributed by atoms with Crippen molar-refractivity contribution in [3.8, 4) is 5.75 Å². The summed E-state index contributed by atoms with van der Waals surface area (Å²) in [7, 11) is 1.50. The monoisotopic (exact) mass is 374 g/mol. The summed E-state index contributed by atoms with van der Waals surface area (Å²) < 4.78 is 43.5. The molecule has 1 aromatic carbocycles. The van der Waals surface area contributed by atoms with Gasteiger partial charge in [-0.25, -0.2) is 15.4 Å². The van der Waals surface area contributed by atoms with Gasteiger partial charge in [-0.3, -0.25) is 0 Å². The van der Waals surface area contributed by atoms with Crippen LogP contribution in [0.3, 0.4) is 0 Å². The summed E-state index contributed by atoms with van der Waals surface area (Å²) in [6.45, 7) is 0. The van der Waals surface area contributed by atoms with Crippen LogP contribution in [0, 0.1) is 0 Å². The minimum atomic E-state index is -4.53. The van der Waals surface area contributed by atoms with Gasteiger partial charge >= 0.3 is 6.18 Å². The van der Waals surface area contributed by atoms with Crippen molar-refractivity contribution < 1.29 is 17.9 Å². The third kappa shape index (κ3) is 4.17. The van der Waals surface area contributed by atoms with E-state index in [1.165, 1.54) is 13.3 Å². The second-order valence-corrected chi connectivity index (χ2v) is 4.94. The Hall–Kier alpha value is -2.16. The van der Waals surface area contributed by atoms with Crippen LogP contribution in [0.25, 0.3) is 0 Å². The highest BCUT2D eigenvalue weighted by atomic mass is 79.9. The van der Waals surface area contributed by atoms with Crippen molar-refractivity contribution in [3.63, 3.8) is 0 Å². The number of rotatable bonds is 4. The second kappa shape index (κ2) is 6.73. The molecule has 0 aliphatic rings. The standard InChI is InChI=1S/C13H10BrF3N4O/c1-22-10-3-2-9(14)6-8(10)7-19-21-12-18-5-4-11(20-12)13(15,16)17/h2-7H,1H3,(H,18,20,21)/b19-7-. The number of nitrogens with one attached hydrogen (secondary N) is 1. The maximum Gasteiger partial charge on any atom is 0.433 e. The van der Waals surface area contributed by atoms with E-state index in [-0.39, 0.29) is 5.95 Å². The van der Waals surface area contributed by atoms with Crippen molar-refractivity contribution in [2.75, 3.05) is 12.5 Å². The first-order chi connectivity index (χ1) is 10.4. The van der Waals surface area contributed by atoms with Gasteiger partial charge in [0, 0.05) is 16.2 Å². The Morgan fingerprint density at radius 2 is 2.09 bits per heavy atom. The van der Waals surface area contributed by atoms with Crippen LogP contribution in [-0.4, -0.2) is 23.3 Å². The maximum absolute atomic E-state index is 12.5. The molecule has 0 saturated heterocycles. The summed E-state index contributed by atoms with van der Waals surface area (Å²) in [5, 5.41) is 3.82. The molecule has 22 heavy (non-hydrogen) atoms. The number of alkyl halides is 3. The van der Waals surface area contributed by atoms with E-state index >= 15 is 0 Å². The number of halogens is 4. The summed E-state index contributed by atoms with van der Waals surface area (Å²) in [4.78, 5) is 7.00. The van der Waals surface area contributed by atoms with Crippen molar-refractivity contribution >= 4 is 28.1 Å². The van der Waals surface area contributed by atoms with Gasteiger partial charge in [-0.1, -0.05) is 15.9 Å². The molecule has 0 aliphatic heterocycles. The van der Waals surface area contributed by atoms with Crippen LogP contribution in [0.4, 0.5) is 19.1 Å². The van der Waals surface area contributed by atoms with Gasteiger partial charge in [-0.05, 0) is 24.3 Å². The van der Waals surface area contributed by atoms with Gasteiger partial charge in [-0.15, -0.1) is 0 Å². The lowest BCUT2D eigenvalue weighted by molar-refractivity contribution is -0.141. The van der Waals surface area contributed by atoms with Gasteiger partial charge < -0.3 is 4.74 Å². The normalized spacial score (nSPS) is 11.7. The fraction of sp³-hybridized carbons (Fsp3) is 0.154. The molecule has 5 nitrogen and oxygen atoms in total. The van der Waals surface area contributed by atoms with Crippen LogP contribution in [0.5, 0.6) is 5.75 Å². The van der Waals surface area contributed by atoms with Gasteiger partial charge in [0.05, 0.1) is 13.3 Å². The number of hydrazone groups is 1. The molecule has 1 heterocycles. The Balaban J connectivity index is 2.15. The molecule has 0 unspecified atom stereocenters. The molecule has 116 valence electrons. The molecule has 0 aliphatic carbocycles. The summed E-state index contributed by atoms with van der Waals surface area (Å²) in [6, 6.07) is 6.05. The zero-order chi connectivity index (χ0) is 16.2. The van der Waals surface area contributed by atoms with Gasteiger partial charge in [0.2, 0.25) is 5.95 Å². The predicted octanol–water partition coefficient (Wildman–Crippen LogP) is 3.71. The number of nitrogens with zero attached hydrogens (tertiary/aromatic N) is 3. The number of hydrogen-bond donors (Lipinski definition) is 1. The van der Waals surface area contributed by atoms with Gasteiger partial charge in [-0.2, -0.15) is 18.3 Å². The molecule has 0 atom stereocenters. The molecule has 1 aromatic heterocycles. The Morgan fingerprint density at radius 3 is 2.77 bits per heavy atom. The number of benzene rings is 1. The summed E-state index contributed by atoms with van der Waals surface area (Å²) in [6.07, 6.45) is -2.13. The minimum Gasteiger partial charge on any atom is -0.496 e. The summed E-state index contributed by atoms with van der Waals surface area (Å²) >= 11 is 3.31. The highest BCUT2D eigenvalue weighted by Crippen LogP contribution is 2.27. The smallest absolute Gasteiger partial charge is 0.433 e. The molecule has 9 heteroatoms. The molecule has 0 amide bonds. The first kappa shape index (κ1) is 16.2. The Bertz CT molecular complexity index is 691. The van der Waals surface area contributed by atoms with Gasteiger partial charge in [0.25, 0.3) is 0 Å². The fourth-order valence-corrected chi connectivity index (χ4v) is 1.91. The SMILES string of the molecule is COc1ccc(Br)cc1/C=N\Nc1nccc(C(F)(F)F)n1. The fourth-order valence-electron chi connectivity index (χ4n) is 1.54. The summed E-state index contributed by atoms with van der Waals surface area (Å²) in [5.41, 5.74) is 1.95. The van der Waals surface area contributed by atoms with Crippen molar-refractivity contribution in [1.29, 1.82) is 0 Å². The van der Waals surface area contributed by atoms with Crippen LogP contribution < -0.4 is 10.2 Å². The summed E-state index contributed by atoms with van der Waals surface area (Å²) in [5.74, 6) is 0.318. The van der Waals surface area contributed by atoms with Crippen molar-refractivity contribution in [2.45, 2.75) is 6.18 Å². The predicted molar refractivity (Wildman–Crippen MR) is 78.9 cm³/mol. The molecule has 0 fully saturated rings. The molecule has 0 spiro atoms. The van der Waals surface area contributed by atoms with E-state index in [2.05, 4.69) is 36.4 Å². The molecule has 2 rings (SSSR count). The van der Waals surface area contributed by atoms with E-state index in [4.69, 9.17) is 4.74 Å². The maximum atomic E-state index is 12.5. The number of methoxy groups -OCH3 is 1. The Labute approximate surface area is 132 Å². The van der Waals surface area contributed by atoms with E-state index in [1.54, 1.807) is 18.2 Å². The minimum absolute atomic E-state index is 0.250. The van der Waals surface area contributed by atoms with Crippen LogP contribution in [0.2, 0.25) is 0 Å². The van der Waals surface area contributed by atoms with Crippen molar-refractivity contribution in [2.24, 2.45) is 5.10 Å². The third-order valence-electron chi connectivity index (χ3n) is 2.51. The largest absolute Gasteiger partial charge is 0.496 e. The molecular formula is C13H10BrF3N4O. The van der Waals surface area contributed by atoms with Gasteiger partial charge in [0.1, 0.15) is 11.4 Å². The first-order valence-electron chi connectivity index (χ1n) is 5.93. The number of hydrogen-bond acceptors (Lipinski definition) is 5. The lowest BCUT2D eigenvalue weighted by Crippen LogP contribution is -2.10. The van der Waals surface area contributed by atoms with E-state index in [9.17, 15) is 13.2 Å². The highest BCUT2D eigenvalue weighted by molar-refractivity contribution is 9.10. The number of aromatic nitrogens is 2. The van der Waals surface area contributed by atoms with Crippen LogP contribution in [0.15, 0.2) is 40.0 Å².